The van der Waals surface area contributed by atoms with Crippen LogP contribution < -0.4 is 9.47 Å². The van der Waals surface area contributed by atoms with Crippen LogP contribution in [-0.2, 0) is 4.79 Å². The lowest BCUT2D eigenvalue weighted by Crippen LogP contribution is -2.18. The van der Waals surface area contributed by atoms with Crippen LogP contribution in [0, 0.1) is 20.8 Å². The van der Waals surface area contributed by atoms with E-state index in [0.29, 0.717) is 16.5 Å². The Hall–Kier alpha value is -2.00. The SMILES string of the molecule is Cc1ccc(OCC(=O)Oc2ccc(Cl)cc2C)c(C)c1. The van der Waals surface area contributed by atoms with Crippen LogP contribution in [0.1, 0.15) is 16.7 Å². The summed E-state index contributed by atoms with van der Waals surface area (Å²) in [4.78, 5) is 11.8. The van der Waals surface area contributed by atoms with Crippen molar-refractivity contribution in [3.05, 3.63) is 58.1 Å². The number of carbonyl (C=O) groups is 1. The summed E-state index contributed by atoms with van der Waals surface area (Å²) in [6, 6.07) is 10.9. The largest absolute Gasteiger partial charge is 0.482 e. The molecule has 0 aliphatic rings. The van der Waals surface area contributed by atoms with Crippen molar-refractivity contribution >= 4 is 17.6 Å². The van der Waals surface area contributed by atoms with Gasteiger partial charge in [0.2, 0.25) is 0 Å². The van der Waals surface area contributed by atoms with Crippen LogP contribution >= 0.6 is 11.6 Å². The molecule has 0 radical (unpaired) electrons. The third-order valence-corrected chi connectivity index (χ3v) is 3.27. The summed E-state index contributed by atoms with van der Waals surface area (Å²) in [6.07, 6.45) is 0. The second kappa shape index (κ2) is 6.64. The van der Waals surface area contributed by atoms with E-state index in [-0.39, 0.29) is 6.61 Å². The highest BCUT2D eigenvalue weighted by atomic mass is 35.5. The Morgan fingerprint density at radius 2 is 1.67 bits per heavy atom. The fraction of sp³-hybridized carbons (Fsp3) is 0.235. The van der Waals surface area contributed by atoms with Crippen LogP contribution in [0.15, 0.2) is 36.4 Å². The fourth-order valence-electron chi connectivity index (χ4n) is 1.98. The smallest absolute Gasteiger partial charge is 0.349 e. The van der Waals surface area contributed by atoms with Crippen molar-refractivity contribution < 1.29 is 14.3 Å². The second-order valence-corrected chi connectivity index (χ2v) is 5.38. The van der Waals surface area contributed by atoms with E-state index >= 15 is 0 Å². The molecule has 21 heavy (non-hydrogen) atoms. The first-order valence-electron chi connectivity index (χ1n) is 6.62. The third-order valence-electron chi connectivity index (χ3n) is 3.04. The number of aryl methyl sites for hydroxylation is 3. The molecular formula is C17H17ClO3. The highest BCUT2D eigenvalue weighted by Gasteiger charge is 2.09. The molecule has 2 aromatic carbocycles. The van der Waals surface area contributed by atoms with Crippen molar-refractivity contribution in [2.45, 2.75) is 20.8 Å². The molecule has 0 aliphatic heterocycles. The molecule has 2 rings (SSSR count). The van der Waals surface area contributed by atoms with Crippen LogP contribution in [-0.4, -0.2) is 12.6 Å². The van der Waals surface area contributed by atoms with Gasteiger partial charge >= 0.3 is 5.97 Å². The maximum absolute atomic E-state index is 11.8. The molecule has 0 N–H and O–H groups in total. The zero-order valence-corrected chi connectivity index (χ0v) is 13.0. The molecule has 0 aromatic heterocycles. The summed E-state index contributed by atoms with van der Waals surface area (Å²) in [5, 5.41) is 0.610. The highest BCUT2D eigenvalue weighted by Crippen LogP contribution is 2.22. The zero-order chi connectivity index (χ0) is 15.4. The summed E-state index contributed by atoms with van der Waals surface area (Å²) in [5.74, 6) is 0.736. The van der Waals surface area contributed by atoms with Crippen LogP contribution in [0.25, 0.3) is 0 Å². The Balaban J connectivity index is 1.96. The first-order valence-corrected chi connectivity index (χ1v) is 7.00. The lowest BCUT2D eigenvalue weighted by molar-refractivity contribution is -0.136. The molecule has 0 fully saturated rings. The van der Waals surface area contributed by atoms with Gasteiger partial charge in [-0.1, -0.05) is 29.3 Å². The number of carbonyl (C=O) groups excluding carboxylic acids is 1. The molecule has 0 bridgehead atoms. The van der Waals surface area contributed by atoms with Crippen molar-refractivity contribution in [1.82, 2.24) is 0 Å². The molecule has 110 valence electrons. The number of rotatable bonds is 4. The number of hydrogen-bond acceptors (Lipinski definition) is 3. The number of ether oxygens (including phenoxy) is 2. The minimum absolute atomic E-state index is 0.133. The first kappa shape index (κ1) is 15.4. The van der Waals surface area contributed by atoms with Crippen LogP contribution in [0.4, 0.5) is 0 Å². The summed E-state index contributed by atoms with van der Waals surface area (Å²) in [5.41, 5.74) is 2.95. The van der Waals surface area contributed by atoms with E-state index in [4.69, 9.17) is 21.1 Å². The molecule has 0 unspecified atom stereocenters. The average Bonchev–Trinajstić information content (AvgIpc) is 2.41. The summed E-state index contributed by atoms with van der Waals surface area (Å²) in [6.45, 7) is 5.65. The molecule has 0 amide bonds. The number of halogens is 1. The van der Waals surface area contributed by atoms with Gasteiger partial charge in [-0.3, -0.25) is 0 Å². The van der Waals surface area contributed by atoms with E-state index in [1.165, 1.54) is 0 Å². The Morgan fingerprint density at radius 3 is 2.33 bits per heavy atom. The predicted molar refractivity (Wildman–Crippen MR) is 83.2 cm³/mol. The fourth-order valence-corrected chi connectivity index (χ4v) is 2.20. The number of esters is 1. The van der Waals surface area contributed by atoms with Gasteiger partial charge in [-0.05, 0) is 56.2 Å². The van der Waals surface area contributed by atoms with Crippen molar-refractivity contribution in [3.63, 3.8) is 0 Å². The number of benzene rings is 2. The quantitative estimate of drug-likeness (QED) is 0.626. The van der Waals surface area contributed by atoms with Gasteiger partial charge in [-0.15, -0.1) is 0 Å². The Labute approximate surface area is 129 Å². The zero-order valence-electron chi connectivity index (χ0n) is 12.3. The predicted octanol–water partition coefficient (Wildman–Crippen LogP) is 4.25. The van der Waals surface area contributed by atoms with Gasteiger partial charge in [-0.2, -0.15) is 0 Å². The first-order chi connectivity index (χ1) is 9.95. The van der Waals surface area contributed by atoms with E-state index in [1.54, 1.807) is 18.2 Å². The monoisotopic (exact) mass is 304 g/mol. The Morgan fingerprint density at radius 1 is 1.00 bits per heavy atom. The lowest BCUT2D eigenvalue weighted by Gasteiger charge is -2.10. The molecule has 0 atom stereocenters. The van der Waals surface area contributed by atoms with Crippen molar-refractivity contribution in [1.29, 1.82) is 0 Å². The molecular weight excluding hydrogens is 288 g/mol. The molecule has 0 aliphatic carbocycles. The van der Waals surface area contributed by atoms with Gasteiger partial charge < -0.3 is 9.47 Å². The minimum atomic E-state index is -0.444. The van der Waals surface area contributed by atoms with Crippen LogP contribution in [0.2, 0.25) is 5.02 Å². The van der Waals surface area contributed by atoms with Crippen LogP contribution in [0.3, 0.4) is 0 Å². The Bertz CT molecular complexity index is 665. The molecule has 0 heterocycles. The lowest BCUT2D eigenvalue weighted by atomic mass is 10.1. The van der Waals surface area contributed by atoms with Crippen LogP contribution in [0.5, 0.6) is 11.5 Å². The van der Waals surface area contributed by atoms with E-state index in [0.717, 1.165) is 16.7 Å². The maximum atomic E-state index is 11.8. The highest BCUT2D eigenvalue weighted by molar-refractivity contribution is 6.30. The van der Waals surface area contributed by atoms with Gasteiger partial charge in [0, 0.05) is 5.02 Å². The minimum Gasteiger partial charge on any atom is -0.482 e. The summed E-state index contributed by atoms with van der Waals surface area (Å²) >= 11 is 5.86. The van der Waals surface area contributed by atoms with E-state index in [2.05, 4.69) is 0 Å². The van der Waals surface area contributed by atoms with Crippen molar-refractivity contribution in [2.75, 3.05) is 6.61 Å². The molecule has 0 spiro atoms. The molecule has 3 nitrogen and oxygen atoms in total. The second-order valence-electron chi connectivity index (χ2n) is 4.94. The van der Waals surface area contributed by atoms with Gasteiger partial charge in [0.1, 0.15) is 11.5 Å². The molecule has 2 aromatic rings. The normalized spacial score (nSPS) is 10.3. The standard InChI is InChI=1S/C17H17ClO3/c1-11-4-6-15(12(2)8-11)20-10-17(19)21-16-7-5-14(18)9-13(16)3/h4-9H,10H2,1-3H3. The Kier molecular flexibility index (Phi) is 4.86. The van der Waals surface area contributed by atoms with Gasteiger partial charge in [0.15, 0.2) is 6.61 Å². The topological polar surface area (TPSA) is 35.5 Å². The molecule has 0 saturated carbocycles. The molecule has 4 heteroatoms. The summed E-state index contributed by atoms with van der Waals surface area (Å²) < 4.78 is 10.8. The number of hydrogen-bond donors (Lipinski definition) is 0. The van der Waals surface area contributed by atoms with E-state index < -0.39 is 5.97 Å². The van der Waals surface area contributed by atoms with Gasteiger partial charge in [0.25, 0.3) is 0 Å². The van der Waals surface area contributed by atoms with Crippen molar-refractivity contribution in [2.24, 2.45) is 0 Å². The average molecular weight is 305 g/mol. The van der Waals surface area contributed by atoms with E-state index in [9.17, 15) is 4.79 Å². The van der Waals surface area contributed by atoms with E-state index in [1.807, 2.05) is 39.0 Å². The maximum Gasteiger partial charge on any atom is 0.349 e. The molecule has 0 saturated heterocycles. The third kappa shape index (κ3) is 4.23. The van der Waals surface area contributed by atoms with Gasteiger partial charge in [-0.25, -0.2) is 4.79 Å². The van der Waals surface area contributed by atoms with Crippen molar-refractivity contribution in [3.8, 4) is 11.5 Å². The van der Waals surface area contributed by atoms with Gasteiger partial charge in [0.05, 0.1) is 0 Å². The summed E-state index contributed by atoms with van der Waals surface area (Å²) in [7, 11) is 0.